The molecule has 2 atom stereocenters. The summed E-state index contributed by atoms with van der Waals surface area (Å²) in [6, 6.07) is 4.66. The van der Waals surface area contributed by atoms with Gasteiger partial charge in [-0.05, 0) is 24.6 Å². The molecule has 1 saturated heterocycles. The minimum absolute atomic E-state index is 0.362. The molecule has 0 aromatic heterocycles. The van der Waals surface area contributed by atoms with Crippen LogP contribution in [0.1, 0.15) is 24.2 Å². The highest BCUT2D eigenvalue weighted by molar-refractivity contribution is 5.26. The molecule has 0 unspecified atom stereocenters. The highest BCUT2D eigenvalue weighted by Crippen LogP contribution is 2.30. The first-order chi connectivity index (χ1) is 10.8. The van der Waals surface area contributed by atoms with E-state index in [2.05, 4.69) is 9.80 Å². The minimum Gasteiger partial charge on any atom is -0.392 e. The third-order valence-electron chi connectivity index (χ3n) is 4.04. The van der Waals surface area contributed by atoms with Gasteiger partial charge in [-0.15, -0.1) is 0 Å². The van der Waals surface area contributed by atoms with Gasteiger partial charge in [0.2, 0.25) is 0 Å². The summed E-state index contributed by atoms with van der Waals surface area (Å²) >= 11 is 0. The molecule has 0 saturated carbocycles. The van der Waals surface area contributed by atoms with Crippen molar-refractivity contribution in [3.8, 4) is 0 Å². The molecule has 23 heavy (non-hydrogen) atoms. The van der Waals surface area contributed by atoms with Gasteiger partial charge in [-0.1, -0.05) is 12.1 Å². The average Bonchev–Trinajstić information content (AvgIpc) is 2.48. The van der Waals surface area contributed by atoms with E-state index in [1.165, 1.54) is 12.1 Å². The van der Waals surface area contributed by atoms with Crippen molar-refractivity contribution in [2.45, 2.75) is 25.3 Å². The topological polar surface area (TPSA) is 46.9 Å². The molecule has 4 nitrogen and oxygen atoms in total. The Kier molecular flexibility index (Phi) is 6.02. The van der Waals surface area contributed by atoms with E-state index in [0.717, 1.165) is 38.3 Å². The van der Waals surface area contributed by atoms with E-state index in [1.807, 2.05) is 0 Å². The molecule has 1 aliphatic rings. The smallest absolute Gasteiger partial charge is 0.392 e. The highest BCUT2D eigenvalue weighted by atomic mass is 19.4. The SMILES string of the molecule is C[C@H](O)CN1CCN(C[C@@H](O)c2ccc(C(F)(F)F)cc2)CC1. The largest absolute Gasteiger partial charge is 0.416 e. The Hall–Kier alpha value is -1.15. The standard InChI is InChI=1S/C16H23F3N2O2/c1-12(22)10-20-6-8-21(9-7-20)11-15(23)13-2-4-14(5-3-13)16(17,18)19/h2-5,12,15,22-23H,6-11H2,1H3/t12-,15+/m0/s1. The van der Waals surface area contributed by atoms with E-state index in [9.17, 15) is 23.4 Å². The Bertz CT molecular complexity index is 483. The zero-order valence-electron chi connectivity index (χ0n) is 13.1. The molecule has 130 valence electrons. The van der Waals surface area contributed by atoms with Crippen LogP contribution in [0.2, 0.25) is 0 Å². The van der Waals surface area contributed by atoms with Crippen LogP contribution in [-0.4, -0.2) is 65.4 Å². The summed E-state index contributed by atoms with van der Waals surface area (Å²) in [5.41, 5.74) is -0.218. The van der Waals surface area contributed by atoms with Gasteiger partial charge in [0.15, 0.2) is 0 Å². The molecule has 2 rings (SSSR count). The second kappa shape index (κ2) is 7.61. The van der Waals surface area contributed by atoms with E-state index < -0.39 is 17.8 Å². The number of aliphatic hydroxyl groups excluding tert-OH is 2. The molecular formula is C16H23F3N2O2. The normalized spacial score (nSPS) is 20.4. The Morgan fingerprint density at radius 1 is 0.957 bits per heavy atom. The van der Waals surface area contributed by atoms with E-state index >= 15 is 0 Å². The number of benzene rings is 1. The summed E-state index contributed by atoms with van der Waals surface area (Å²) in [7, 11) is 0. The number of piperazine rings is 1. The van der Waals surface area contributed by atoms with Crippen LogP contribution < -0.4 is 0 Å². The quantitative estimate of drug-likeness (QED) is 0.862. The fourth-order valence-electron chi connectivity index (χ4n) is 2.77. The van der Waals surface area contributed by atoms with Crippen LogP contribution in [0.4, 0.5) is 13.2 Å². The Morgan fingerprint density at radius 2 is 1.43 bits per heavy atom. The first-order valence-corrected chi connectivity index (χ1v) is 7.73. The van der Waals surface area contributed by atoms with Gasteiger partial charge >= 0.3 is 6.18 Å². The van der Waals surface area contributed by atoms with Crippen molar-refractivity contribution in [3.05, 3.63) is 35.4 Å². The van der Waals surface area contributed by atoms with E-state index in [0.29, 0.717) is 18.7 Å². The van der Waals surface area contributed by atoms with Crippen LogP contribution >= 0.6 is 0 Å². The number of rotatable bonds is 5. The number of hydrogen-bond acceptors (Lipinski definition) is 4. The van der Waals surface area contributed by atoms with Gasteiger partial charge in [-0.2, -0.15) is 13.2 Å². The molecule has 1 heterocycles. The van der Waals surface area contributed by atoms with Crippen LogP contribution in [0.15, 0.2) is 24.3 Å². The van der Waals surface area contributed by atoms with Gasteiger partial charge in [-0.3, -0.25) is 9.80 Å². The van der Waals surface area contributed by atoms with Crippen molar-refractivity contribution in [2.24, 2.45) is 0 Å². The second-order valence-electron chi connectivity index (χ2n) is 6.09. The van der Waals surface area contributed by atoms with Crippen LogP contribution in [0.25, 0.3) is 0 Å². The maximum Gasteiger partial charge on any atom is 0.416 e. The number of alkyl halides is 3. The Balaban J connectivity index is 1.84. The van der Waals surface area contributed by atoms with Crippen molar-refractivity contribution in [3.63, 3.8) is 0 Å². The molecule has 1 aromatic carbocycles. The second-order valence-corrected chi connectivity index (χ2v) is 6.09. The number of hydrogen-bond donors (Lipinski definition) is 2. The molecule has 0 spiro atoms. The van der Waals surface area contributed by atoms with E-state index in [-0.39, 0.29) is 6.10 Å². The summed E-state index contributed by atoms with van der Waals surface area (Å²) in [5.74, 6) is 0. The molecule has 1 fully saturated rings. The van der Waals surface area contributed by atoms with E-state index in [1.54, 1.807) is 6.92 Å². The fourth-order valence-corrected chi connectivity index (χ4v) is 2.77. The molecular weight excluding hydrogens is 309 g/mol. The van der Waals surface area contributed by atoms with Gasteiger partial charge in [0.05, 0.1) is 17.8 Å². The molecule has 7 heteroatoms. The molecule has 0 radical (unpaired) electrons. The van der Waals surface area contributed by atoms with Crippen LogP contribution in [0.3, 0.4) is 0 Å². The maximum atomic E-state index is 12.5. The van der Waals surface area contributed by atoms with Crippen molar-refractivity contribution < 1.29 is 23.4 Å². The number of nitrogens with zero attached hydrogens (tertiary/aromatic N) is 2. The van der Waals surface area contributed by atoms with Gasteiger partial charge in [-0.25, -0.2) is 0 Å². The molecule has 0 bridgehead atoms. The van der Waals surface area contributed by atoms with E-state index in [4.69, 9.17) is 0 Å². The lowest BCUT2D eigenvalue weighted by molar-refractivity contribution is -0.137. The first-order valence-electron chi connectivity index (χ1n) is 7.73. The Labute approximate surface area is 134 Å². The summed E-state index contributed by atoms with van der Waals surface area (Å²) in [6.07, 6.45) is -5.52. The molecule has 0 amide bonds. The van der Waals surface area contributed by atoms with Crippen molar-refractivity contribution >= 4 is 0 Å². The number of halogens is 3. The van der Waals surface area contributed by atoms with Gasteiger partial charge in [0.1, 0.15) is 0 Å². The summed E-state index contributed by atoms with van der Waals surface area (Å²) in [4.78, 5) is 4.24. The van der Waals surface area contributed by atoms with Crippen LogP contribution in [0.5, 0.6) is 0 Å². The summed E-state index contributed by atoms with van der Waals surface area (Å²) in [5, 5.41) is 19.6. The average molecular weight is 332 g/mol. The summed E-state index contributed by atoms with van der Waals surface area (Å²) in [6.45, 7) is 5.94. The van der Waals surface area contributed by atoms with Crippen LogP contribution in [-0.2, 0) is 6.18 Å². The first kappa shape index (κ1) is 18.2. The predicted molar refractivity (Wildman–Crippen MR) is 81.0 cm³/mol. The lowest BCUT2D eigenvalue weighted by Crippen LogP contribution is -2.49. The fraction of sp³-hybridized carbons (Fsp3) is 0.625. The minimum atomic E-state index is -4.36. The maximum absolute atomic E-state index is 12.5. The lowest BCUT2D eigenvalue weighted by atomic mass is 10.1. The molecule has 1 aromatic rings. The van der Waals surface area contributed by atoms with Gasteiger partial charge in [0, 0.05) is 39.3 Å². The zero-order chi connectivity index (χ0) is 17.0. The zero-order valence-corrected chi connectivity index (χ0v) is 13.1. The van der Waals surface area contributed by atoms with Crippen molar-refractivity contribution in [2.75, 3.05) is 39.3 Å². The lowest BCUT2D eigenvalue weighted by Gasteiger charge is -2.36. The number of β-amino-alcohol motifs (C(OH)–C–C–N with tert-alkyl or cyclic N) is 2. The predicted octanol–water partition coefficient (Wildman–Crippen LogP) is 1.74. The molecule has 1 aliphatic heterocycles. The third-order valence-corrected chi connectivity index (χ3v) is 4.04. The van der Waals surface area contributed by atoms with Gasteiger partial charge in [0.25, 0.3) is 0 Å². The van der Waals surface area contributed by atoms with Gasteiger partial charge < -0.3 is 10.2 Å². The molecule has 0 aliphatic carbocycles. The van der Waals surface area contributed by atoms with Crippen molar-refractivity contribution in [1.29, 1.82) is 0 Å². The highest BCUT2D eigenvalue weighted by Gasteiger charge is 2.30. The third kappa shape index (κ3) is 5.46. The Morgan fingerprint density at radius 3 is 1.87 bits per heavy atom. The monoisotopic (exact) mass is 332 g/mol. The van der Waals surface area contributed by atoms with Crippen LogP contribution in [0, 0.1) is 0 Å². The number of aliphatic hydroxyl groups is 2. The summed E-state index contributed by atoms with van der Waals surface area (Å²) < 4.78 is 37.6. The van der Waals surface area contributed by atoms with Crippen molar-refractivity contribution in [1.82, 2.24) is 9.80 Å². The molecule has 2 N–H and O–H groups in total.